The van der Waals surface area contributed by atoms with Crippen LogP contribution in [-0.4, -0.2) is 16.0 Å². The van der Waals surface area contributed by atoms with E-state index in [-0.39, 0.29) is 5.84 Å². The molecule has 0 aliphatic heterocycles. The van der Waals surface area contributed by atoms with Crippen molar-refractivity contribution in [1.29, 1.82) is 0 Å². The molecule has 98 valence electrons. The predicted molar refractivity (Wildman–Crippen MR) is 73.0 cm³/mol. The van der Waals surface area contributed by atoms with Crippen molar-refractivity contribution < 1.29 is 9.94 Å². The summed E-state index contributed by atoms with van der Waals surface area (Å²) in [6, 6.07) is 8.44. The molecule has 0 saturated carbocycles. The van der Waals surface area contributed by atoms with Gasteiger partial charge in [0.2, 0.25) is 0 Å². The van der Waals surface area contributed by atoms with Crippen LogP contribution >= 0.6 is 11.6 Å². The molecular weight excluding hydrogens is 266 g/mol. The summed E-state index contributed by atoms with van der Waals surface area (Å²) >= 11 is 5.89. The van der Waals surface area contributed by atoms with E-state index in [1.807, 2.05) is 6.92 Å². The molecule has 0 atom stereocenters. The number of nitrogens with zero attached hydrogens (tertiary/aromatic N) is 2. The summed E-state index contributed by atoms with van der Waals surface area (Å²) in [6.45, 7) is 1.83. The Labute approximate surface area is 115 Å². The first-order valence-corrected chi connectivity index (χ1v) is 5.86. The average molecular weight is 278 g/mol. The number of nitrogens with two attached hydrogens (primary N) is 1. The molecule has 0 bridgehead atoms. The molecule has 0 saturated heterocycles. The van der Waals surface area contributed by atoms with Gasteiger partial charge in [-0.3, -0.25) is 4.98 Å². The van der Waals surface area contributed by atoms with Gasteiger partial charge in [0.15, 0.2) is 5.84 Å². The zero-order chi connectivity index (χ0) is 13.8. The number of ether oxygens (including phenoxy) is 1. The van der Waals surface area contributed by atoms with Crippen molar-refractivity contribution in [3.8, 4) is 11.5 Å². The van der Waals surface area contributed by atoms with Crippen molar-refractivity contribution in [2.24, 2.45) is 10.9 Å². The molecule has 2 rings (SSSR count). The second kappa shape index (κ2) is 5.58. The Balaban J connectivity index is 2.43. The normalized spacial score (nSPS) is 11.4. The molecular formula is C13H12ClN3O2. The Morgan fingerprint density at radius 3 is 2.84 bits per heavy atom. The molecule has 5 nitrogen and oxygen atoms in total. The Bertz CT molecular complexity index is 629. The molecule has 1 heterocycles. The molecule has 0 radical (unpaired) electrons. The fourth-order valence-corrected chi connectivity index (χ4v) is 1.71. The molecule has 0 fully saturated rings. The van der Waals surface area contributed by atoms with Crippen LogP contribution in [-0.2, 0) is 0 Å². The zero-order valence-electron chi connectivity index (χ0n) is 10.2. The van der Waals surface area contributed by atoms with E-state index < -0.39 is 0 Å². The third-order valence-electron chi connectivity index (χ3n) is 2.50. The van der Waals surface area contributed by atoms with Crippen molar-refractivity contribution in [1.82, 2.24) is 4.98 Å². The molecule has 0 spiro atoms. The van der Waals surface area contributed by atoms with Crippen LogP contribution in [0.1, 0.15) is 11.3 Å². The highest BCUT2D eigenvalue weighted by molar-refractivity contribution is 6.31. The summed E-state index contributed by atoms with van der Waals surface area (Å²) in [5.41, 5.74) is 6.76. The van der Waals surface area contributed by atoms with Gasteiger partial charge in [0, 0.05) is 11.2 Å². The van der Waals surface area contributed by atoms with Gasteiger partial charge in [-0.25, -0.2) is 0 Å². The number of benzene rings is 1. The molecule has 0 aliphatic carbocycles. The van der Waals surface area contributed by atoms with Crippen LogP contribution in [0.2, 0.25) is 5.02 Å². The highest BCUT2D eigenvalue weighted by Gasteiger charge is 2.11. The lowest BCUT2D eigenvalue weighted by Gasteiger charge is -2.11. The number of amidine groups is 1. The van der Waals surface area contributed by atoms with Gasteiger partial charge in [-0.05, 0) is 37.3 Å². The molecule has 1 aromatic heterocycles. The highest BCUT2D eigenvalue weighted by atomic mass is 35.5. The van der Waals surface area contributed by atoms with Crippen LogP contribution in [0.4, 0.5) is 0 Å². The van der Waals surface area contributed by atoms with E-state index in [9.17, 15) is 0 Å². The number of rotatable bonds is 3. The summed E-state index contributed by atoms with van der Waals surface area (Å²) in [4.78, 5) is 4.13. The SMILES string of the molecule is Cc1ncccc1Oc1ccc(Cl)cc1C(N)=NO. The lowest BCUT2D eigenvalue weighted by atomic mass is 10.2. The molecule has 6 heteroatoms. The number of hydrogen-bond donors (Lipinski definition) is 2. The summed E-state index contributed by atoms with van der Waals surface area (Å²) < 4.78 is 5.73. The maximum Gasteiger partial charge on any atom is 0.173 e. The summed E-state index contributed by atoms with van der Waals surface area (Å²) in [7, 11) is 0. The van der Waals surface area contributed by atoms with Crippen molar-refractivity contribution in [2.75, 3.05) is 0 Å². The average Bonchev–Trinajstić information content (AvgIpc) is 2.42. The van der Waals surface area contributed by atoms with E-state index in [0.29, 0.717) is 22.1 Å². The van der Waals surface area contributed by atoms with E-state index >= 15 is 0 Å². The minimum Gasteiger partial charge on any atom is -0.455 e. The van der Waals surface area contributed by atoms with E-state index in [1.54, 1.807) is 36.5 Å². The molecule has 2 aromatic rings. The Morgan fingerprint density at radius 1 is 1.37 bits per heavy atom. The van der Waals surface area contributed by atoms with Crippen LogP contribution in [0, 0.1) is 6.92 Å². The molecule has 19 heavy (non-hydrogen) atoms. The molecule has 0 amide bonds. The highest BCUT2D eigenvalue weighted by Crippen LogP contribution is 2.28. The van der Waals surface area contributed by atoms with Gasteiger partial charge in [-0.2, -0.15) is 0 Å². The molecule has 3 N–H and O–H groups in total. The van der Waals surface area contributed by atoms with Gasteiger partial charge in [-0.15, -0.1) is 0 Å². The van der Waals surface area contributed by atoms with Crippen LogP contribution in [0.25, 0.3) is 0 Å². The maximum atomic E-state index is 8.78. The Morgan fingerprint density at radius 2 is 2.16 bits per heavy atom. The number of pyridine rings is 1. The van der Waals surface area contributed by atoms with Crippen molar-refractivity contribution in [3.63, 3.8) is 0 Å². The van der Waals surface area contributed by atoms with Crippen LogP contribution in [0.3, 0.4) is 0 Å². The van der Waals surface area contributed by atoms with E-state index in [2.05, 4.69) is 10.1 Å². The van der Waals surface area contributed by atoms with Crippen LogP contribution in [0.15, 0.2) is 41.7 Å². The van der Waals surface area contributed by atoms with Gasteiger partial charge < -0.3 is 15.7 Å². The first kappa shape index (κ1) is 13.2. The van der Waals surface area contributed by atoms with Crippen LogP contribution in [0.5, 0.6) is 11.5 Å². The third kappa shape index (κ3) is 2.95. The van der Waals surface area contributed by atoms with Crippen molar-refractivity contribution >= 4 is 17.4 Å². The van der Waals surface area contributed by atoms with Gasteiger partial charge in [0.25, 0.3) is 0 Å². The Kier molecular flexibility index (Phi) is 3.87. The van der Waals surface area contributed by atoms with E-state index in [4.69, 9.17) is 27.3 Å². The van der Waals surface area contributed by atoms with E-state index in [0.717, 1.165) is 5.69 Å². The van der Waals surface area contributed by atoms with Gasteiger partial charge in [0.1, 0.15) is 11.5 Å². The Hall–Kier alpha value is -2.27. The monoisotopic (exact) mass is 277 g/mol. The molecule has 0 unspecified atom stereocenters. The van der Waals surface area contributed by atoms with Gasteiger partial charge in [0.05, 0.1) is 11.3 Å². The minimum atomic E-state index is -0.0703. The number of oxime groups is 1. The van der Waals surface area contributed by atoms with E-state index in [1.165, 1.54) is 0 Å². The number of hydrogen-bond acceptors (Lipinski definition) is 4. The van der Waals surface area contributed by atoms with Crippen molar-refractivity contribution in [2.45, 2.75) is 6.92 Å². The number of halogens is 1. The minimum absolute atomic E-state index is 0.0703. The second-order valence-electron chi connectivity index (χ2n) is 3.81. The summed E-state index contributed by atoms with van der Waals surface area (Å²) in [5.74, 6) is 0.964. The first-order valence-electron chi connectivity index (χ1n) is 5.48. The van der Waals surface area contributed by atoms with Crippen molar-refractivity contribution in [3.05, 3.63) is 52.8 Å². The number of aryl methyl sites for hydroxylation is 1. The first-order chi connectivity index (χ1) is 9.11. The quantitative estimate of drug-likeness (QED) is 0.391. The topological polar surface area (TPSA) is 80.7 Å². The fraction of sp³-hybridized carbons (Fsp3) is 0.0769. The van der Waals surface area contributed by atoms with Gasteiger partial charge >= 0.3 is 0 Å². The van der Waals surface area contributed by atoms with Crippen LogP contribution < -0.4 is 10.5 Å². The largest absolute Gasteiger partial charge is 0.455 e. The second-order valence-corrected chi connectivity index (χ2v) is 4.25. The number of aromatic nitrogens is 1. The smallest absolute Gasteiger partial charge is 0.173 e. The summed E-state index contributed by atoms with van der Waals surface area (Å²) in [5, 5.41) is 12.2. The fourth-order valence-electron chi connectivity index (χ4n) is 1.54. The summed E-state index contributed by atoms with van der Waals surface area (Å²) in [6.07, 6.45) is 1.68. The standard InChI is InChI=1S/C13H12ClN3O2/c1-8-11(3-2-6-16-8)19-12-5-4-9(14)7-10(12)13(15)17-18/h2-7,18H,1H3,(H2,15,17). The zero-order valence-corrected chi connectivity index (χ0v) is 10.9. The van der Waals surface area contributed by atoms with Gasteiger partial charge in [-0.1, -0.05) is 16.8 Å². The molecule has 0 aliphatic rings. The predicted octanol–water partition coefficient (Wildman–Crippen LogP) is 2.93. The maximum absolute atomic E-state index is 8.78. The molecule has 1 aromatic carbocycles. The third-order valence-corrected chi connectivity index (χ3v) is 2.74. The lowest BCUT2D eigenvalue weighted by molar-refractivity contribution is 0.318. The lowest BCUT2D eigenvalue weighted by Crippen LogP contribution is -2.14.